The zero-order valence-electron chi connectivity index (χ0n) is 16.2. The minimum Gasteiger partial charge on any atom is -0.490 e. The van der Waals surface area contributed by atoms with Crippen molar-refractivity contribution in [3.05, 3.63) is 64.1 Å². The maximum atomic E-state index is 12.3. The number of benzene rings is 2. The average Bonchev–Trinajstić information content (AvgIpc) is 3.31. The number of nitrogens with zero attached hydrogens (tertiary/aromatic N) is 4. The quantitative estimate of drug-likeness (QED) is 0.657. The van der Waals surface area contributed by atoms with Crippen molar-refractivity contribution in [2.45, 2.75) is 45.3 Å². The molecule has 1 aliphatic carbocycles. The van der Waals surface area contributed by atoms with Crippen LogP contribution in [0.4, 0.5) is 0 Å². The first-order chi connectivity index (χ1) is 13.6. The second kappa shape index (κ2) is 7.88. The van der Waals surface area contributed by atoms with Crippen molar-refractivity contribution in [1.29, 1.82) is 0 Å². The molecule has 7 heteroatoms. The molecule has 0 radical (unpaired) electrons. The lowest BCUT2D eigenvalue weighted by Crippen LogP contribution is -2.23. The van der Waals surface area contributed by atoms with Crippen molar-refractivity contribution >= 4 is 0 Å². The van der Waals surface area contributed by atoms with Crippen LogP contribution in [0.15, 0.2) is 47.3 Å². The second-order valence-corrected chi connectivity index (χ2v) is 7.16. The third-order valence-corrected chi connectivity index (χ3v) is 5.13. The van der Waals surface area contributed by atoms with Crippen molar-refractivity contribution in [2.24, 2.45) is 7.05 Å². The molecule has 0 atom stereocenters. The molecule has 0 N–H and O–H groups in total. The maximum absolute atomic E-state index is 12.3. The summed E-state index contributed by atoms with van der Waals surface area (Å²) in [6.45, 7) is 2.31. The van der Waals surface area contributed by atoms with Crippen LogP contribution in [0.3, 0.4) is 0 Å². The molecule has 7 nitrogen and oxygen atoms in total. The Kier molecular flexibility index (Phi) is 5.14. The lowest BCUT2D eigenvalue weighted by molar-refractivity contribution is 0.208. The largest absolute Gasteiger partial charge is 0.490 e. The van der Waals surface area contributed by atoms with Gasteiger partial charge in [-0.1, -0.05) is 18.2 Å². The molecule has 0 saturated heterocycles. The van der Waals surface area contributed by atoms with Gasteiger partial charge in [-0.05, 0) is 66.8 Å². The molecule has 146 valence electrons. The van der Waals surface area contributed by atoms with E-state index in [0.29, 0.717) is 18.4 Å². The first-order valence-corrected chi connectivity index (χ1v) is 9.59. The van der Waals surface area contributed by atoms with E-state index in [1.54, 1.807) is 7.05 Å². The lowest BCUT2D eigenvalue weighted by atomic mass is 10.1. The monoisotopic (exact) mass is 380 g/mol. The molecule has 0 bridgehead atoms. The predicted octanol–water partition coefficient (Wildman–Crippen LogP) is 3.17. The fraction of sp³-hybridized carbons (Fsp3) is 0.381. The number of aromatic nitrogens is 4. The van der Waals surface area contributed by atoms with E-state index in [9.17, 15) is 4.79 Å². The fourth-order valence-electron chi connectivity index (χ4n) is 3.53. The van der Waals surface area contributed by atoms with Gasteiger partial charge in [0.05, 0.1) is 11.8 Å². The number of aryl methyl sites for hydroxylation is 2. The highest BCUT2D eigenvalue weighted by atomic mass is 16.5. The molecule has 0 unspecified atom stereocenters. The molecule has 1 aliphatic rings. The van der Waals surface area contributed by atoms with E-state index in [1.807, 2.05) is 49.4 Å². The average molecular weight is 380 g/mol. The summed E-state index contributed by atoms with van der Waals surface area (Å²) in [4.78, 5) is 12.3. The molecular weight excluding hydrogens is 356 g/mol. The maximum Gasteiger partial charge on any atom is 0.368 e. The molecule has 1 heterocycles. The van der Waals surface area contributed by atoms with E-state index >= 15 is 0 Å². The van der Waals surface area contributed by atoms with Crippen LogP contribution in [0.5, 0.6) is 11.5 Å². The molecule has 1 aromatic heterocycles. The van der Waals surface area contributed by atoms with Gasteiger partial charge >= 0.3 is 5.69 Å². The molecule has 0 aliphatic heterocycles. The van der Waals surface area contributed by atoms with Crippen LogP contribution >= 0.6 is 0 Å². The molecule has 28 heavy (non-hydrogen) atoms. The fourth-order valence-corrected chi connectivity index (χ4v) is 3.53. The standard InChI is InChI=1S/C21H24N4O3/c1-15-7-5-12-20(25-21(26)24(2)22-23-25)19(15)14-27-17-10-6-11-18(13-17)28-16-8-3-4-9-16/h5-7,10-13,16H,3-4,8-9,14H2,1-2H3. The molecule has 3 aromatic rings. The van der Waals surface area contributed by atoms with E-state index in [-0.39, 0.29) is 5.69 Å². The van der Waals surface area contributed by atoms with Crippen LogP contribution in [0.2, 0.25) is 0 Å². The lowest BCUT2D eigenvalue weighted by Gasteiger charge is -2.15. The molecule has 0 spiro atoms. The van der Waals surface area contributed by atoms with Gasteiger partial charge in [0.2, 0.25) is 0 Å². The van der Waals surface area contributed by atoms with Crippen molar-refractivity contribution in [3.63, 3.8) is 0 Å². The summed E-state index contributed by atoms with van der Waals surface area (Å²) in [7, 11) is 1.58. The van der Waals surface area contributed by atoms with Gasteiger partial charge in [0.15, 0.2) is 0 Å². The topological polar surface area (TPSA) is 71.2 Å². The van der Waals surface area contributed by atoms with Crippen LogP contribution in [0, 0.1) is 6.92 Å². The molecule has 0 amide bonds. The van der Waals surface area contributed by atoms with Crippen molar-refractivity contribution in [2.75, 3.05) is 0 Å². The van der Waals surface area contributed by atoms with E-state index in [0.717, 1.165) is 35.5 Å². The van der Waals surface area contributed by atoms with E-state index in [1.165, 1.54) is 22.2 Å². The van der Waals surface area contributed by atoms with Gasteiger partial charge in [-0.25, -0.2) is 4.79 Å². The Hall–Kier alpha value is -3.09. The van der Waals surface area contributed by atoms with Gasteiger partial charge < -0.3 is 9.47 Å². The SMILES string of the molecule is Cc1cccc(-n2nnn(C)c2=O)c1COc1cccc(OC2CCCC2)c1. The van der Waals surface area contributed by atoms with E-state index < -0.39 is 0 Å². The zero-order chi connectivity index (χ0) is 19.5. The first-order valence-electron chi connectivity index (χ1n) is 9.59. The summed E-state index contributed by atoms with van der Waals surface area (Å²) in [6.07, 6.45) is 5.01. The predicted molar refractivity (Wildman–Crippen MR) is 105 cm³/mol. The smallest absolute Gasteiger partial charge is 0.368 e. The molecule has 1 fully saturated rings. The van der Waals surface area contributed by atoms with Crippen LogP contribution in [-0.2, 0) is 13.7 Å². The number of hydrogen-bond acceptors (Lipinski definition) is 5. The van der Waals surface area contributed by atoms with Crippen LogP contribution in [0.1, 0.15) is 36.8 Å². The summed E-state index contributed by atoms with van der Waals surface area (Å²) in [6, 6.07) is 13.5. The van der Waals surface area contributed by atoms with E-state index in [2.05, 4.69) is 10.4 Å². The van der Waals surface area contributed by atoms with Gasteiger partial charge in [-0.3, -0.25) is 0 Å². The molecule has 4 rings (SSSR count). The number of tetrazole rings is 1. The summed E-state index contributed by atoms with van der Waals surface area (Å²) >= 11 is 0. The van der Waals surface area contributed by atoms with Gasteiger partial charge in [0, 0.05) is 18.7 Å². The van der Waals surface area contributed by atoms with Crippen LogP contribution in [-0.4, -0.2) is 25.9 Å². The van der Waals surface area contributed by atoms with Crippen molar-refractivity contribution < 1.29 is 9.47 Å². The molecular formula is C21H24N4O3. The minimum absolute atomic E-state index is 0.293. The van der Waals surface area contributed by atoms with Gasteiger partial charge in [-0.2, -0.15) is 9.36 Å². The van der Waals surface area contributed by atoms with Gasteiger partial charge in [0.1, 0.15) is 18.1 Å². The highest BCUT2D eigenvalue weighted by molar-refractivity contribution is 5.45. The molecule has 2 aromatic carbocycles. The molecule has 1 saturated carbocycles. The number of rotatable bonds is 6. The first kappa shape index (κ1) is 18.3. The van der Waals surface area contributed by atoms with Crippen molar-refractivity contribution in [1.82, 2.24) is 19.8 Å². The van der Waals surface area contributed by atoms with Gasteiger partial charge in [-0.15, -0.1) is 0 Å². The third kappa shape index (κ3) is 3.78. The summed E-state index contributed by atoms with van der Waals surface area (Å²) in [5, 5.41) is 7.76. The normalized spacial score (nSPS) is 14.4. The van der Waals surface area contributed by atoms with E-state index in [4.69, 9.17) is 9.47 Å². The highest BCUT2D eigenvalue weighted by Crippen LogP contribution is 2.27. The zero-order valence-corrected chi connectivity index (χ0v) is 16.2. The highest BCUT2D eigenvalue weighted by Gasteiger charge is 2.17. The Bertz CT molecular complexity index is 1020. The number of ether oxygens (including phenoxy) is 2. The van der Waals surface area contributed by atoms with Crippen LogP contribution < -0.4 is 15.2 Å². The minimum atomic E-state index is -0.293. The Labute approximate surface area is 163 Å². The number of hydrogen-bond donors (Lipinski definition) is 0. The summed E-state index contributed by atoms with van der Waals surface area (Å²) in [5.41, 5.74) is 2.30. The Morgan fingerprint density at radius 1 is 1.07 bits per heavy atom. The third-order valence-electron chi connectivity index (χ3n) is 5.13. The van der Waals surface area contributed by atoms with Crippen molar-refractivity contribution in [3.8, 4) is 17.2 Å². The summed E-state index contributed by atoms with van der Waals surface area (Å²) < 4.78 is 14.6. The van der Waals surface area contributed by atoms with Gasteiger partial charge in [0.25, 0.3) is 0 Å². The summed E-state index contributed by atoms with van der Waals surface area (Å²) in [5.74, 6) is 1.57. The Balaban J connectivity index is 1.54. The Morgan fingerprint density at radius 2 is 1.82 bits per heavy atom. The Morgan fingerprint density at radius 3 is 2.57 bits per heavy atom. The second-order valence-electron chi connectivity index (χ2n) is 7.16. The van der Waals surface area contributed by atoms with Crippen LogP contribution in [0.25, 0.3) is 5.69 Å².